The Morgan fingerprint density at radius 2 is 2.14 bits per heavy atom. The van der Waals surface area contributed by atoms with Crippen LogP contribution in [0.25, 0.3) is 0 Å². The second kappa shape index (κ2) is 8.15. The van der Waals surface area contributed by atoms with E-state index in [1.807, 2.05) is 0 Å². The van der Waals surface area contributed by atoms with Gasteiger partial charge >= 0.3 is 5.97 Å². The lowest BCUT2D eigenvalue weighted by atomic mass is 10.2. The molecule has 2 atom stereocenters. The van der Waals surface area contributed by atoms with E-state index in [0.717, 1.165) is 19.3 Å². The van der Waals surface area contributed by atoms with Crippen LogP contribution in [0.2, 0.25) is 0 Å². The number of methoxy groups -OCH3 is 1. The average Bonchev–Trinajstić information content (AvgIpc) is 2.90. The largest absolute Gasteiger partial charge is 0.492 e. The minimum Gasteiger partial charge on any atom is -0.492 e. The fourth-order valence-electron chi connectivity index (χ4n) is 2.57. The van der Waals surface area contributed by atoms with E-state index in [2.05, 4.69) is 9.64 Å². The number of carbonyl (C=O) groups excluding carboxylic acids is 2. The first-order valence-electron chi connectivity index (χ1n) is 7.28. The van der Waals surface area contributed by atoms with Gasteiger partial charge in [-0.15, -0.1) is 11.6 Å². The van der Waals surface area contributed by atoms with Gasteiger partial charge < -0.3 is 14.3 Å². The molecule has 0 aromatic heterocycles. The summed E-state index contributed by atoms with van der Waals surface area (Å²) in [5.74, 6) is 0.307. The van der Waals surface area contributed by atoms with Gasteiger partial charge in [0.1, 0.15) is 18.6 Å². The van der Waals surface area contributed by atoms with Crippen molar-refractivity contribution in [2.75, 3.05) is 26.8 Å². The number of hydrogen-bond acceptors (Lipinski definition) is 5. The van der Waals surface area contributed by atoms with Crippen molar-refractivity contribution >= 4 is 23.9 Å². The van der Waals surface area contributed by atoms with Crippen LogP contribution in [0.5, 0.6) is 5.75 Å². The van der Waals surface area contributed by atoms with Gasteiger partial charge in [-0.3, -0.25) is 4.90 Å². The molecule has 1 fully saturated rings. The summed E-state index contributed by atoms with van der Waals surface area (Å²) < 4.78 is 10.4. The van der Waals surface area contributed by atoms with Crippen LogP contribution in [-0.2, 0) is 9.53 Å². The molecule has 120 valence electrons. The van der Waals surface area contributed by atoms with E-state index in [-0.39, 0.29) is 17.4 Å². The highest BCUT2D eigenvalue weighted by Gasteiger charge is 2.32. The summed E-state index contributed by atoms with van der Waals surface area (Å²) in [4.78, 5) is 24.1. The van der Waals surface area contributed by atoms with Crippen LogP contribution in [-0.4, -0.2) is 55.4 Å². The number of aldehydes is 1. The summed E-state index contributed by atoms with van der Waals surface area (Å²) in [5.41, 5.74) is 0.485. The van der Waals surface area contributed by atoms with Crippen LogP contribution in [0, 0.1) is 0 Å². The molecule has 5 nitrogen and oxygen atoms in total. The fourth-order valence-corrected chi connectivity index (χ4v) is 2.90. The van der Waals surface area contributed by atoms with E-state index in [9.17, 15) is 9.59 Å². The Morgan fingerprint density at radius 3 is 2.77 bits per heavy atom. The summed E-state index contributed by atoms with van der Waals surface area (Å²) >= 11 is 6.33. The number of ether oxygens (including phenoxy) is 2. The first kappa shape index (κ1) is 16.8. The van der Waals surface area contributed by atoms with Gasteiger partial charge in [-0.2, -0.15) is 0 Å². The van der Waals surface area contributed by atoms with Crippen LogP contribution in [0.1, 0.15) is 23.2 Å². The van der Waals surface area contributed by atoms with E-state index in [4.69, 9.17) is 16.3 Å². The zero-order valence-electron chi connectivity index (χ0n) is 12.5. The molecule has 0 saturated carbocycles. The number of benzene rings is 1. The number of carbonyl (C=O) groups is 2. The molecule has 1 heterocycles. The molecular weight excluding hydrogens is 306 g/mol. The molecule has 0 aliphatic carbocycles. The van der Waals surface area contributed by atoms with E-state index in [1.165, 1.54) is 7.11 Å². The maximum Gasteiger partial charge on any atom is 0.337 e. The third kappa shape index (κ3) is 4.21. The van der Waals surface area contributed by atoms with Crippen LogP contribution in [0.4, 0.5) is 0 Å². The molecule has 2 rings (SSSR count). The quantitative estimate of drug-likeness (QED) is 0.436. The Hall–Kier alpha value is -1.59. The molecular formula is C16H20ClNO4. The molecule has 6 heteroatoms. The molecule has 1 aliphatic rings. The van der Waals surface area contributed by atoms with Gasteiger partial charge in [-0.1, -0.05) is 0 Å². The molecule has 0 bridgehead atoms. The smallest absolute Gasteiger partial charge is 0.337 e. The lowest BCUT2D eigenvalue weighted by Gasteiger charge is -2.25. The highest BCUT2D eigenvalue weighted by molar-refractivity contribution is 6.21. The van der Waals surface area contributed by atoms with Gasteiger partial charge in [0.05, 0.1) is 24.1 Å². The van der Waals surface area contributed by atoms with E-state index >= 15 is 0 Å². The Morgan fingerprint density at radius 1 is 1.41 bits per heavy atom. The maximum atomic E-state index is 11.4. The monoisotopic (exact) mass is 325 g/mol. The fraction of sp³-hybridized carbons (Fsp3) is 0.500. The minimum atomic E-state index is -0.372. The van der Waals surface area contributed by atoms with E-state index in [1.54, 1.807) is 24.3 Å². The summed E-state index contributed by atoms with van der Waals surface area (Å²) in [7, 11) is 1.35. The topological polar surface area (TPSA) is 55.8 Å². The van der Waals surface area contributed by atoms with Crippen molar-refractivity contribution in [3.05, 3.63) is 29.8 Å². The first-order valence-corrected chi connectivity index (χ1v) is 7.72. The van der Waals surface area contributed by atoms with Crippen molar-refractivity contribution in [2.45, 2.75) is 24.3 Å². The van der Waals surface area contributed by atoms with Crippen molar-refractivity contribution in [1.29, 1.82) is 0 Å². The third-order valence-electron chi connectivity index (χ3n) is 3.81. The molecule has 0 N–H and O–H groups in total. The summed E-state index contributed by atoms with van der Waals surface area (Å²) in [5, 5.41) is 0.0287. The lowest BCUT2D eigenvalue weighted by molar-refractivity contribution is -0.108. The van der Waals surface area contributed by atoms with E-state index in [0.29, 0.717) is 30.9 Å². The number of nitrogens with zero attached hydrogens (tertiary/aromatic N) is 1. The molecule has 1 aromatic rings. The third-order valence-corrected chi connectivity index (χ3v) is 4.32. The summed E-state index contributed by atoms with van der Waals surface area (Å²) in [6.45, 7) is 2.06. The molecule has 1 aromatic carbocycles. The minimum absolute atomic E-state index is 0.0287. The normalized spacial score (nSPS) is 21.5. The second-order valence-electron chi connectivity index (χ2n) is 5.19. The average molecular weight is 326 g/mol. The number of esters is 1. The van der Waals surface area contributed by atoms with Crippen molar-refractivity contribution in [1.82, 2.24) is 4.90 Å². The zero-order chi connectivity index (χ0) is 15.9. The standard InChI is InChI=1S/C16H20ClNO4/c1-21-16(20)12-3-5-13(6-4-12)22-11-15-14(17)7-9-18(15)8-2-10-19/h3-6,10,14-15H,2,7-9,11H2,1H3/t14-,15-/m0/s1. The predicted octanol–water partition coefficient (Wildman–Crippen LogP) is 2.12. The zero-order valence-corrected chi connectivity index (χ0v) is 13.3. The maximum absolute atomic E-state index is 11.4. The molecule has 1 saturated heterocycles. The highest BCUT2D eigenvalue weighted by atomic mass is 35.5. The van der Waals surface area contributed by atoms with Gasteiger partial charge in [-0.25, -0.2) is 4.79 Å². The molecule has 1 aliphatic heterocycles. The van der Waals surface area contributed by atoms with Gasteiger partial charge in [0.2, 0.25) is 0 Å². The van der Waals surface area contributed by atoms with Gasteiger partial charge in [0.15, 0.2) is 0 Å². The van der Waals surface area contributed by atoms with Crippen molar-refractivity contribution < 1.29 is 19.1 Å². The Kier molecular flexibility index (Phi) is 6.21. The van der Waals surface area contributed by atoms with Gasteiger partial charge in [-0.05, 0) is 30.7 Å². The Balaban J connectivity index is 1.90. The second-order valence-corrected chi connectivity index (χ2v) is 5.75. The van der Waals surface area contributed by atoms with Gasteiger partial charge in [0, 0.05) is 19.5 Å². The number of rotatable bonds is 7. The van der Waals surface area contributed by atoms with Crippen LogP contribution in [0.15, 0.2) is 24.3 Å². The molecule has 0 unspecified atom stereocenters. The molecule has 0 radical (unpaired) electrons. The van der Waals surface area contributed by atoms with Crippen molar-refractivity contribution in [3.8, 4) is 5.75 Å². The van der Waals surface area contributed by atoms with Crippen molar-refractivity contribution in [2.24, 2.45) is 0 Å². The van der Waals surface area contributed by atoms with Crippen LogP contribution in [0.3, 0.4) is 0 Å². The molecule has 22 heavy (non-hydrogen) atoms. The Bertz CT molecular complexity index is 505. The predicted molar refractivity (Wildman–Crippen MR) is 83.6 cm³/mol. The number of halogens is 1. The SMILES string of the molecule is COC(=O)c1ccc(OC[C@H]2[C@@H](Cl)CCN2CCC=O)cc1. The van der Waals surface area contributed by atoms with Crippen molar-refractivity contribution in [3.63, 3.8) is 0 Å². The molecule has 0 spiro atoms. The first-order chi connectivity index (χ1) is 10.7. The summed E-state index contributed by atoms with van der Waals surface area (Å²) in [6.07, 6.45) is 2.33. The Labute approximate surface area is 135 Å². The van der Waals surface area contributed by atoms with Crippen LogP contribution >= 0.6 is 11.6 Å². The molecule has 0 amide bonds. The number of likely N-dealkylation sites (tertiary alicyclic amines) is 1. The van der Waals surface area contributed by atoms with E-state index < -0.39 is 0 Å². The summed E-state index contributed by atoms with van der Waals surface area (Å²) in [6, 6.07) is 6.90. The van der Waals surface area contributed by atoms with Gasteiger partial charge in [0.25, 0.3) is 0 Å². The highest BCUT2D eigenvalue weighted by Crippen LogP contribution is 2.24. The lowest BCUT2D eigenvalue weighted by Crippen LogP contribution is -2.39. The number of alkyl halides is 1. The number of hydrogen-bond donors (Lipinski definition) is 0. The van der Waals surface area contributed by atoms with Crippen LogP contribution < -0.4 is 4.74 Å².